The molecule has 2 rings (SSSR count). The molecule has 1 aromatic carbocycles. The molecule has 0 aliphatic rings. The minimum atomic E-state index is -3.61. The van der Waals surface area contributed by atoms with E-state index in [-0.39, 0.29) is 23.3 Å². The van der Waals surface area contributed by atoms with Gasteiger partial charge in [0.05, 0.1) is 11.4 Å². The minimum Gasteiger partial charge on any atom is -0.324 e. The van der Waals surface area contributed by atoms with Gasteiger partial charge >= 0.3 is 0 Å². The number of hydrogen-bond donors (Lipinski definition) is 1. The maximum atomic E-state index is 12.5. The van der Waals surface area contributed by atoms with Gasteiger partial charge in [-0.15, -0.1) is 0 Å². The van der Waals surface area contributed by atoms with Gasteiger partial charge < -0.3 is 5.32 Å². The third kappa shape index (κ3) is 3.96. The lowest BCUT2D eigenvalue weighted by molar-refractivity contribution is -0.116. The Balaban J connectivity index is 2.27. The van der Waals surface area contributed by atoms with Gasteiger partial charge in [-0.25, -0.2) is 12.7 Å². The van der Waals surface area contributed by atoms with Crippen LogP contribution in [0.25, 0.3) is 0 Å². The summed E-state index contributed by atoms with van der Waals surface area (Å²) in [5.74, 6) is 0.0227. The molecule has 0 fully saturated rings. The van der Waals surface area contributed by atoms with Crippen LogP contribution in [-0.4, -0.2) is 42.5 Å². The second kappa shape index (κ2) is 7.59. The number of carbonyl (C=O) groups excluding carboxylic acids is 1. The summed E-state index contributed by atoms with van der Waals surface area (Å²) in [6.07, 6.45) is 0. The number of aromatic nitrogens is 2. The lowest BCUT2D eigenvalue weighted by Crippen LogP contribution is -2.24. The van der Waals surface area contributed by atoms with Crippen molar-refractivity contribution in [2.75, 3.05) is 19.4 Å². The summed E-state index contributed by atoms with van der Waals surface area (Å²) in [5, 5.41) is 7.15. The SMILES string of the molecule is Cc1nn(CC(=O)Nc2ccccc2C(C)C)c(C)c1S(=O)(=O)N(C)C. The molecule has 0 saturated carbocycles. The van der Waals surface area contributed by atoms with Crippen LogP contribution in [0, 0.1) is 13.8 Å². The largest absolute Gasteiger partial charge is 0.324 e. The topological polar surface area (TPSA) is 84.3 Å². The molecule has 0 aliphatic carbocycles. The van der Waals surface area contributed by atoms with Crippen LogP contribution in [0.1, 0.15) is 36.7 Å². The molecule has 2 aromatic rings. The van der Waals surface area contributed by atoms with Crippen LogP contribution >= 0.6 is 0 Å². The molecule has 0 bridgehead atoms. The maximum Gasteiger partial charge on any atom is 0.246 e. The van der Waals surface area contributed by atoms with Gasteiger partial charge in [0.1, 0.15) is 11.4 Å². The predicted octanol–water partition coefficient (Wildman–Crippen LogP) is 2.51. The van der Waals surface area contributed by atoms with E-state index in [9.17, 15) is 13.2 Å². The molecule has 1 aromatic heterocycles. The van der Waals surface area contributed by atoms with E-state index in [1.54, 1.807) is 13.8 Å². The minimum absolute atomic E-state index is 0.0535. The van der Waals surface area contributed by atoms with Gasteiger partial charge in [0, 0.05) is 19.8 Å². The molecule has 142 valence electrons. The highest BCUT2D eigenvalue weighted by molar-refractivity contribution is 7.89. The van der Waals surface area contributed by atoms with Crippen LogP contribution in [-0.2, 0) is 21.4 Å². The Bertz CT molecular complexity index is 915. The highest BCUT2D eigenvalue weighted by Crippen LogP contribution is 2.24. The summed E-state index contributed by atoms with van der Waals surface area (Å²) in [7, 11) is -0.665. The lowest BCUT2D eigenvalue weighted by Gasteiger charge is -2.14. The number of anilines is 1. The molecular formula is C18H26N4O3S. The van der Waals surface area contributed by atoms with Crippen molar-refractivity contribution in [2.45, 2.75) is 45.1 Å². The Morgan fingerprint density at radius 2 is 1.85 bits per heavy atom. The van der Waals surface area contributed by atoms with E-state index in [1.165, 1.54) is 18.8 Å². The first kappa shape index (κ1) is 20.1. The highest BCUT2D eigenvalue weighted by atomic mass is 32.2. The number of carbonyl (C=O) groups is 1. The van der Waals surface area contributed by atoms with Crippen molar-refractivity contribution in [1.82, 2.24) is 14.1 Å². The van der Waals surface area contributed by atoms with Gasteiger partial charge in [0.2, 0.25) is 15.9 Å². The molecule has 1 amide bonds. The fourth-order valence-electron chi connectivity index (χ4n) is 2.83. The van der Waals surface area contributed by atoms with Crippen molar-refractivity contribution in [3.63, 3.8) is 0 Å². The summed E-state index contributed by atoms with van der Waals surface area (Å²) in [6, 6.07) is 7.64. The van der Waals surface area contributed by atoms with Gasteiger partial charge in [0.25, 0.3) is 0 Å². The first-order valence-corrected chi connectivity index (χ1v) is 9.85. The van der Waals surface area contributed by atoms with Gasteiger partial charge in [-0.1, -0.05) is 32.0 Å². The highest BCUT2D eigenvalue weighted by Gasteiger charge is 2.27. The Morgan fingerprint density at radius 1 is 1.23 bits per heavy atom. The van der Waals surface area contributed by atoms with Crippen molar-refractivity contribution >= 4 is 21.6 Å². The molecule has 0 spiro atoms. The smallest absolute Gasteiger partial charge is 0.246 e. The normalized spacial score (nSPS) is 12.0. The fourth-order valence-corrected chi connectivity index (χ4v) is 4.09. The second-order valence-corrected chi connectivity index (χ2v) is 8.82. The number of rotatable bonds is 6. The average Bonchev–Trinajstić information content (AvgIpc) is 2.81. The summed E-state index contributed by atoms with van der Waals surface area (Å²) in [6.45, 7) is 7.36. The van der Waals surface area contributed by atoms with E-state index in [4.69, 9.17) is 0 Å². The van der Waals surface area contributed by atoms with Crippen LogP contribution in [0.3, 0.4) is 0 Å². The van der Waals surface area contributed by atoms with E-state index >= 15 is 0 Å². The van der Waals surface area contributed by atoms with Crippen LogP contribution < -0.4 is 5.32 Å². The third-order valence-corrected chi connectivity index (χ3v) is 6.27. The summed E-state index contributed by atoms with van der Waals surface area (Å²) < 4.78 is 27.5. The number of nitrogens with one attached hydrogen (secondary N) is 1. The zero-order chi connectivity index (χ0) is 19.6. The second-order valence-electron chi connectivity index (χ2n) is 6.74. The third-order valence-electron chi connectivity index (χ3n) is 4.20. The molecule has 0 aliphatic heterocycles. The maximum absolute atomic E-state index is 12.5. The molecule has 7 nitrogen and oxygen atoms in total. The summed E-state index contributed by atoms with van der Waals surface area (Å²) in [4.78, 5) is 12.6. The summed E-state index contributed by atoms with van der Waals surface area (Å²) >= 11 is 0. The van der Waals surface area contributed by atoms with E-state index in [2.05, 4.69) is 24.3 Å². The van der Waals surface area contributed by atoms with Crippen LogP contribution in [0.4, 0.5) is 5.69 Å². The molecule has 1 heterocycles. The Morgan fingerprint density at radius 3 is 2.42 bits per heavy atom. The predicted molar refractivity (Wildman–Crippen MR) is 102 cm³/mol. The van der Waals surface area contributed by atoms with E-state index < -0.39 is 10.0 Å². The Labute approximate surface area is 155 Å². The number of para-hydroxylation sites is 1. The first-order chi connectivity index (χ1) is 12.1. The van der Waals surface area contributed by atoms with Crippen molar-refractivity contribution in [1.29, 1.82) is 0 Å². The summed E-state index contributed by atoms with van der Waals surface area (Å²) in [5.41, 5.74) is 2.63. The van der Waals surface area contributed by atoms with Gasteiger partial charge in [-0.2, -0.15) is 5.10 Å². The number of hydrogen-bond acceptors (Lipinski definition) is 4. The van der Waals surface area contributed by atoms with Crippen molar-refractivity contribution in [2.24, 2.45) is 0 Å². The monoisotopic (exact) mass is 378 g/mol. The average molecular weight is 378 g/mol. The van der Waals surface area contributed by atoms with Gasteiger partial charge in [-0.05, 0) is 31.4 Å². The zero-order valence-electron chi connectivity index (χ0n) is 16.1. The zero-order valence-corrected chi connectivity index (χ0v) is 16.9. The van der Waals surface area contributed by atoms with Crippen LogP contribution in [0.2, 0.25) is 0 Å². The fraction of sp³-hybridized carbons (Fsp3) is 0.444. The number of benzene rings is 1. The molecule has 0 unspecified atom stereocenters. The molecule has 1 N–H and O–H groups in total. The molecular weight excluding hydrogens is 352 g/mol. The molecule has 0 saturated heterocycles. The lowest BCUT2D eigenvalue weighted by atomic mass is 10.0. The number of sulfonamides is 1. The number of amides is 1. The van der Waals surface area contributed by atoms with Gasteiger partial charge in [-0.3, -0.25) is 9.48 Å². The van der Waals surface area contributed by atoms with Crippen molar-refractivity contribution in [3.8, 4) is 0 Å². The van der Waals surface area contributed by atoms with Crippen molar-refractivity contribution < 1.29 is 13.2 Å². The number of nitrogens with zero attached hydrogens (tertiary/aromatic N) is 3. The van der Waals surface area contributed by atoms with Gasteiger partial charge in [0.15, 0.2) is 0 Å². The standard InChI is InChI=1S/C18H26N4O3S/c1-12(2)15-9-7-8-10-16(15)19-17(23)11-22-14(4)18(13(3)20-22)26(24,25)21(5)6/h7-10,12H,11H2,1-6H3,(H,19,23). The van der Waals surface area contributed by atoms with E-state index in [1.807, 2.05) is 24.3 Å². The molecule has 26 heavy (non-hydrogen) atoms. The van der Waals surface area contributed by atoms with E-state index in [0.29, 0.717) is 11.4 Å². The Hall–Kier alpha value is -2.19. The molecule has 8 heteroatoms. The first-order valence-electron chi connectivity index (χ1n) is 8.41. The quantitative estimate of drug-likeness (QED) is 0.837. The molecule has 0 radical (unpaired) electrons. The number of aryl methyl sites for hydroxylation is 1. The van der Waals surface area contributed by atoms with Crippen LogP contribution in [0.5, 0.6) is 0 Å². The van der Waals surface area contributed by atoms with Crippen LogP contribution in [0.15, 0.2) is 29.2 Å². The van der Waals surface area contributed by atoms with E-state index in [0.717, 1.165) is 15.6 Å². The Kier molecular flexibility index (Phi) is 5.87. The van der Waals surface area contributed by atoms with Crippen molar-refractivity contribution in [3.05, 3.63) is 41.2 Å². The molecule has 0 atom stereocenters.